The minimum atomic E-state index is 0.328. The summed E-state index contributed by atoms with van der Waals surface area (Å²) < 4.78 is 2.48. The van der Waals surface area contributed by atoms with E-state index in [1.54, 1.807) is 35.0 Å². The van der Waals surface area contributed by atoms with Crippen molar-refractivity contribution < 1.29 is 0 Å². The van der Waals surface area contributed by atoms with Crippen LogP contribution in [0.25, 0.3) is 0 Å². The molecule has 0 saturated carbocycles. The van der Waals surface area contributed by atoms with E-state index >= 15 is 0 Å². The van der Waals surface area contributed by atoms with E-state index in [9.17, 15) is 0 Å². The molecule has 1 aromatic heterocycles. The van der Waals surface area contributed by atoms with Crippen molar-refractivity contribution in [3.63, 3.8) is 0 Å². The second kappa shape index (κ2) is 8.99. The molecular weight excluding hydrogens is 514 g/mol. The zero-order valence-electron chi connectivity index (χ0n) is 13.4. The lowest BCUT2D eigenvalue weighted by atomic mass is 10.2. The molecule has 140 valence electrons. The molecule has 0 bridgehead atoms. The van der Waals surface area contributed by atoms with Crippen molar-refractivity contribution in [3.05, 3.63) is 72.7 Å². The number of hydrogen-bond donors (Lipinski definition) is 2. The zero-order valence-corrected chi connectivity index (χ0v) is 18.9. The van der Waals surface area contributed by atoms with Crippen molar-refractivity contribution in [2.45, 2.75) is 6.54 Å². The van der Waals surface area contributed by atoms with Gasteiger partial charge in [-0.05, 0) is 64.0 Å². The fourth-order valence-electron chi connectivity index (χ4n) is 2.24. The Morgan fingerprint density at radius 2 is 1.70 bits per heavy atom. The van der Waals surface area contributed by atoms with Crippen molar-refractivity contribution in [2.24, 2.45) is 0 Å². The zero-order chi connectivity index (χ0) is 19.6. The fourth-order valence-corrected chi connectivity index (χ4v) is 3.67. The Balaban J connectivity index is 1.70. The molecule has 2 aromatic carbocycles. The second-order valence-electron chi connectivity index (χ2n) is 5.46. The number of nitrogens with one attached hydrogen (secondary N) is 2. The minimum absolute atomic E-state index is 0.328. The van der Waals surface area contributed by atoms with Crippen LogP contribution < -0.4 is 10.6 Å². The van der Waals surface area contributed by atoms with Gasteiger partial charge in [0.2, 0.25) is 0 Å². The molecule has 0 aliphatic rings. The summed E-state index contributed by atoms with van der Waals surface area (Å²) in [6.07, 6.45) is 1.82. The first-order valence-corrected chi connectivity index (χ1v) is 10.2. The normalized spacial score (nSPS) is 10.7. The highest BCUT2D eigenvalue weighted by atomic mass is 79.9. The van der Waals surface area contributed by atoms with Crippen LogP contribution in [-0.2, 0) is 6.54 Å². The van der Waals surface area contributed by atoms with Gasteiger partial charge in [0.1, 0.15) is 0 Å². The van der Waals surface area contributed by atoms with Crippen molar-refractivity contribution in [1.82, 2.24) is 9.78 Å². The minimum Gasteiger partial charge on any atom is -0.331 e. The average molecular weight is 525 g/mol. The van der Waals surface area contributed by atoms with Crippen molar-refractivity contribution >= 4 is 91.2 Å². The van der Waals surface area contributed by atoms with E-state index in [2.05, 4.69) is 31.7 Å². The van der Waals surface area contributed by atoms with E-state index in [1.807, 2.05) is 12.3 Å². The number of rotatable bonds is 4. The van der Waals surface area contributed by atoms with Gasteiger partial charge in [-0.15, -0.1) is 0 Å². The van der Waals surface area contributed by atoms with Crippen LogP contribution in [0.15, 0.2) is 47.1 Å². The van der Waals surface area contributed by atoms with Gasteiger partial charge in [-0.1, -0.05) is 52.5 Å². The molecule has 27 heavy (non-hydrogen) atoms. The summed E-state index contributed by atoms with van der Waals surface area (Å²) in [5.41, 5.74) is 1.50. The first-order chi connectivity index (χ1) is 12.8. The SMILES string of the molecule is S=C(Nc1cc(Cl)ccc1Cl)Nc1nn(Cc2ccc(Cl)cc2Cl)cc1Br. The van der Waals surface area contributed by atoms with E-state index in [4.69, 9.17) is 58.6 Å². The van der Waals surface area contributed by atoms with Gasteiger partial charge in [0.25, 0.3) is 0 Å². The van der Waals surface area contributed by atoms with Gasteiger partial charge in [0, 0.05) is 21.3 Å². The Kier molecular flexibility index (Phi) is 6.89. The molecule has 3 rings (SSSR count). The summed E-state index contributed by atoms with van der Waals surface area (Å²) in [4.78, 5) is 0. The number of benzene rings is 2. The lowest BCUT2D eigenvalue weighted by Gasteiger charge is -2.11. The molecule has 10 heteroatoms. The summed E-state index contributed by atoms with van der Waals surface area (Å²) in [5, 5.41) is 13.0. The maximum absolute atomic E-state index is 6.22. The van der Waals surface area contributed by atoms with Gasteiger partial charge >= 0.3 is 0 Å². The molecule has 3 aromatic rings. The highest BCUT2D eigenvalue weighted by molar-refractivity contribution is 9.10. The van der Waals surface area contributed by atoms with Crippen LogP contribution in [0.3, 0.4) is 0 Å². The molecule has 0 aliphatic heterocycles. The van der Waals surface area contributed by atoms with Gasteiger partial charge in [-0.25, -0.2) is 0 Å². The predicted molar refractivity (Wildman–Crippen MR) is 122 cm³/mol. The van der Waals surface area contributed by atoms with Crippen LogP contribution in [0.5, 0.6) is 0 Å². The largest absolute Gasteiger partial charge is 0.331 e. The second-order valence-corrected chi connectivity index (χ2v) is 8.41. The third-order valence-electron chi connectivity index (χ3n) is 3.47. The van der Waals surface area contributed by atoms with Crippen LogP contribution in [-0.4, -0.2) is 14.9 Å². The Morgan fingerprint density at radius 1 is 1.00 bits per heavy atom. The molecule has 0 fully saturated rings. The van der Waals surface area contributed by atoms with Crippen LogP contribution in [0.4, 0.5) is 11.5 Å². The van der Waals surface area contributed by atoms with Gasteiger partial charge in [0.15, 0.2) is 10.9 Å². The first-order valence-electron chi connectivity index (χ1n) is 7.52. The Bertz CT molecular complexity index is 1010. The van der Waals surface area contributed by atoms with Crippen LogP contribution in [0.1, 0.15) is 5.56 Å². The van der Waals surface area contributed by atoms with Gasteiger partial charge in [-0.2, -0.15) is 5.10 Å². The molecule has 0 atom stereocenters. The quantitative estimate of drug-likeness (QED) is 0.357. The molecule has 0 spiro atoms. The lowest BCUT2D eigenvalue weighted by Crippen LogP contribution is -2.20. The summed E-state index contributed by atoms with van der Waals surface area (Å²) in [6.45, 7) is 0.483. The molecule has 0 amide bonds. The highest BCUT2D eigenvalue weighted by Crippen LogP contribution is 2.27. The summed E-state index contributed by atoms with van der Waals surface area (Å²) in [5.74, 6) is 0.552. The van der Waals surface area contributed by atoms with Crippen molar-refractivity contribution in [3.8, 4) is 0 Å². The standard InChI is InChI=1S/C17H11BrCl4N4S/c18-12-8-26(7-9-1-2-10(19)5-14(9)22)25-16(12)24-17(27)23-15-6-11(20)3-4-13(15)21/h1-6,8H,7H2,(H2,23,24,25,27). The molecule has 0 unspecified atom stereocenters. The third kappa shape index (κ3) is 5.50. The predicted octanol–water partition coefficient (Wildman–Crippen LogP) is 7.12. The number of nitrogens with zero attached hydrogens (tertiary/aromatic N) is 2. The maximum atomic E-state index is 6.22. The van der Waals surface area contributed by atoms with Crippen LogP contribution in [0, 0.1) is 0 Å². The van der Waals surface area contributed by atoms with E-state index < -0.39 is 0 Å². The van der Waals surface area contributed by atoms with Gasteiger partial charge in [-0.3, -0.25) is 4.68 Å². The van der Waals surface area contributed by atoms with Crippen LogP contribution in [0.2, 0.25) is 20.1 Å². The van der Waals surface area contributed by atoms with E-state index in [0.717, 1.165) is 10.0 Å². The Labute approximate surface area is 189 Å². The van der Waals surface area contributed by atoms with E-state index in [1.165, 1.54) is 0 Å². The van der Waals surface area contributed by atoms with Crippen molar-refractivity contribution in [1.29, 1.82) is 0 Å². The fraction of sp³-hybridized carbons (Fsp3) is 0.0588. The third-order valence-corrected chi connectivity index (χ3v) is 5.41. The smallest absolute Gasteiger partial charge is 0.176 e. The van der Waals surface area contributed by atoms with Gasteiger partial charge < -0.3 is 10.6 Å². The Hall–Kier alpha value is -1.02. The molecule has 4 nitrogen and oxygen atoms in total. The first kappa shape index (κ1) is 20.7. The number of hydrogen-bond acceptors (Lipinski definition) is 2. The molecule has 0 aliphatic carbocycles. The topological polar surface area (TPSA) is 41.9 Å². The van der Waals surface area contributed by atoms with Gasteiger partial charge in [0.05, 0.1) is 21.7 Å². The number of halogens is 5. The van der Waals surface area contributed by atoms with E-state index in [-0.39, 0.29) is 0 Å². The molecule has 1 heterocycles. The summed E-state index contributed by atoms with van der Waals surface area (Å²) in [6, 6.07) is 10.4. The molecule has 0 radical (unpaired) electrons. The lowest BCUT2D eigenvalue weighted by molar-refractivity contribution is 0.690. The highest BCUT2D eigenvalue weighted by Gasteiger charge is 2.11. The Morgan fingerprint density at radius 3 is 2.44 bits per heavy atom. The number of anilines is 2. The number of thiocarbonyl (C=S) groups is 1. The number of aromatic nitrogens is 2. The summed E-state index contributed by atoms with van der Waals surface area (Å²) in [7, 11) is 0. The summed E-state index contributed by atoms with van der Waals surface area (Å²) >= 11 is 33.1. The van der Waals surface area contributed by atoms with Crippen molar-refractivity contribution in [2.75, 3.05) is 10.6 Å². The van der Waals surface area contributed by atoms with Crippen LogP contribution >= 0.6 is 74.6 Å². The average Bonchev–Trinajstić information content (AvgIpc) is 2.93. The van der Waals surface area contributed by atoms with E-state index in [0.29, 0.717) is 43.3 Å². The monoisotopic (exact) mass is 522 g/mol. The molecule has 2 N–H and O–H groups in total. The maximum Gasteiger partial charge on any atom is 0.176 e. The molecular formula is C17H11BrCl4N4S. The molecule has 0 saturated heterocycles.